The molecule has 0 saturated carbocycles. The summed E-state index contributed by atoms with van der Waals surface area (Å²) >= 11 is 0. The van der Waals surface area contributed by atoms with Crippen molar-refractivity contribution in [3.05, 3.63) is 29.8 Å². The van der Waals surface area contributed by atoms with Crippen LogP contribution in [0.15, 0.2) is 24.3 Å². The first kappa shape index (κ1) is 17.3. The summed E-state index contributed by atoms with van der Waals surface area (Å²) in [6, 6.07) is 8.15. The van der Waals surface area contributed by atoms with Crippen molar-refractivity contribution in [2.45, 2.75) is 52.1 Å². The zero-order valence-corrected chi connectivity index (χ0v) is 14.6. The fourth-order valence-electron chi connectivity index (χ4n) is 3.16. The van der Waals surface area contributed by atoms with Crippen LogP contribution in [-0.4, -0.2) is 37.5 Å². The van der Waals surface area contributed by atoms with Gasteiger partial charge in [-0.05, 0) is 35.8 Å². The Bertz CT molecular complexity index is 459. The summed E-state index contributed by atoms with van der Waals surface area (Å²) in [5.74, 6) is 1.74. The Morgan fingerprint density at radius 1 is 1.23 bits per heavy atom. The maximum absolute atomic E-state index is 10.3. The van der Waals surface area contributed by atoms with Crippen LogP contribution in [0.25, 0.3) is 0 Å². The molecule has 1 heterocycles. The molecule has 0 unspecified atom stereocenters. The Morgan fingerprint density at radius 2 is 1.86 bits per heavy atom. The van der Waals surface area contributed by atoms with Gasteiger partial charge in [-0.15, -0.1) is 0 Å². The lowest BCUT2D eigenvalue weighted by Crippen LogP contribution is -3.14. The molecule has 3 nitrogen and oxygen atoms in total. The molecule has 0 aliphatic carbocycles. The highest BCUT2D eigenvalue weighted by Crippen LogP contribution is 2.30. The van der Waals surface area contributed by atoms with E-state index in [-0.39, 0.29) is 5.41 Å². The van der Waals surface area contributed by atoms with Crippen LogP contribution in [-0.2, 0) is 5.41 Å². The molecule has 1 fully saturated rings. The molecule has 0 amide bonds. The molecule has 2 N–H and O–H groups in total. The van der Waals surface area contributed by atoms with Gasteiger partial charge in [-0.25, -0.2) is 0 Å². The highest BCUT2D eigenvalue weighted by Gasteiger charge is 2.23. The number of likely N-dealkylation sites (tertiary alicyclic amines) is 1. The second-order valence-corrected chi connectivity index (χ2v) is 7.85. The first-order valence-electron chi connectivity index (χ1n) is 8.60. The smallest absolute Gasteiger partial charge is 0.137 e. The minimum Gasteiger partial charge on any atom is -0.490 e. The number of aliphatic hydroxyl groups excluding tert-OH is 1. The lowest BCUT2D eigenvalue weighted by molar-refractivity contribution is -0.909. The van der Waals surface area contributed by atoms with Crippen LogP contribution >= 0.6 is 0 Å². The average Bonchev–Trinajstić information content (AvgIpc) is 2.47. The molecule has 1 aliphatic rings. The molecular formula is C19H32NO2+. The van der Waals surface area contributed by atoms with Crippen molar-refractivity contribution >= 4 is 0 Å². The number of hydrogen-bond acceptors (Lipinski definition) is 2. The maximum Gasteiger partial charge on any atom is 0.137 e. The molecule has 1 aliphatic heterocycles. The second-order valence-electron chi connectivity index (χ2n) is 7.85. The van der Waals surface area contributed by atoms with Crippen LogP contribution in [0.5, 0.6) is 5.75 Å². The first-order valence-corrected chi connectivity index (χ1v) is 8.60. The number of ether oxygens (including phenoxy) is 1. The summed E-state index contributed by atoms with van der Waals surface area (Å²) in [4.78, 5) is 1.51. The van der Waals surface area contributed by atoms with E-state index in [0.717, 1.165) is 18.2 Å². The minimum absolute atomic E-state index is 0.0514. The third-order valence-electron chi connectivity index (χ3n) is 4.63. The lowest BCUT2D eigenvalue weighted by Gasteiger charge is -2.29. The number of rotatable bonds is 5. The van der Waals surface area contributed by atoms with Gasteiger partial charge in [0.1, 0.15) is 25.0 Å². The van der Waals surface area contributed by atoms with Crippen LogP contribution < -0.4 is 9.64 Å². The van der Waals surface area contributed by atoms with Crippen LogP contribution in [0.2, 0.25) is 0 Å². The Labute approximate surface area is 135 Å². The van der Waals surface area contributed by atoms with Gasteiger partial charge in [0, 0.05) is 0 Å². The first-order chi connectivity index (χ1) is 10.4. The summed E-state index contributed by atoms with van der Waals surface area (Å²) in [5, 5.41) is 10.3. The molecule has 0 radical (unpaired) electrons. The van der Waals surface area contributed by atoms with Crippen molar-refractivity contribution in [1.82, 2.24) is 0 Å². The van der Waals surface area contributed by atoms with E-state index < -0.39 is 6.10 Å². The van der Waals surface area contributed by atoms with E-state index in [1.54, 1.807) is 0 Å². The summed E-state index contributed by atoms with van der Waals surface area (Å²) in [5.41, 5.74) is 1.25. The van der Waals surface area contributed by atoms with E-state index in [1.165, 1.54) is 36.4 Å². The molecular weight excluding hydrogens is 274 g/mol. The van der Waals surface area contributed by atoms with Crippen LogP contribution in [0, 0.1) is 5.92 Å². The topological polar surface area (TPSA) is 33.9 Å². The minimum atomic E-state index is -0.392. The molecule has 1 saturated heterocycles. The fraction of sp³-hybridized carbons (Fsp3) is 0.684. The highest BCUT2D eigenvalue weighted by molar-refractivity contribution is 5.38. The molecule has 1 atom stereocenters. The number of quaternary nitrogens is 1. The number of hydrogen-bond donors (Lipinski definition) is 2. The third-order valence-corrected chi connectivity index (χ3v) is 4.63. The summed E-state index contributed by atoms with van der Waals surface area (Å²) < 4.78 is 5.92. The SMILES string of the molecule is CC1CC[NH+](C[C@@H](O)COc2ccccc2C(C)(C)C)CC1. The molecule has 124 valence electrons. The van der Waals surface area contributed by atoms with Gasteiger partial charge in [-0.2, -0.15) is 0 Å². The van der Waals surface area contributed by atoms with Crippen molar-refractivity contribution in [2.24, 2.45) is 5.92 Å². The average molecular weight is 306 g/mol. The van der Waals surface area contributed by atoms with Crippen molar-refractivity contribution in [2.75, 3.05) is 26.2 Å². The van der Waals surface area contributed by atoms with Crippen molar-refractivity contribution in [3.8, 4) is 5.75 Å². The van der Waals surface area contributed by atoms with Crippen LogP contribution in [0.3, 0.4) is 0 Å². The normalized spacial score (nSPS) is 24.0. The van der Waals surface area contributed by atoms with Gasteiger partial charge in [-0.1, -0.05) is 45.9 Å². The fourth-order valence-corrected chi connectivity index (χ4v) is 3.16. The Balaban J connectivity index is 1.85. The quantitative estimate of drug-likeness (QED) is 0.873. The number of piperidine rings is 1. The second kappa shape index (κ2) is 7.47. The van der Waals surface area contributed by atoms with Gasteiger partial charge in [0.15, 0.2) is 0 Å². The monoisotopic (exact) mass is 306 g/mol. The zero-order chi connectivity index (χ0) is 16.2. The van der Waals surface area contributed by atoms with Crippen molar-refractivity contribution in [1.29, 1.82) is 0 Å². The summed E-state index contributed by atoms with van der Waals surface area (Å²) in [6.45, 7) is 12.4. The molecule has 0 spiro atoms. The largest absolute Gasteiger partial charge is 0.490 e. The van der Waals surface area contributed by atoms with Gasteiger partial charge >= 0.3 is 0 Å². The molecule has 1 aromatic rings. The Morgan fingerprint density at radius 3 is 2.50 bits per heavy atom. The van der Waals surface area contributed by atoms with E-state index in [9.17, 15) is 5.11 Å². The number of nitrogens with one attached hydrogen (secondary N) is 1. The number of para-hydroxylation sites is 1. The van der Waals surface area contributed by atoms with Gasteiger partial charge in [-0.3, -0.25) is 0 Å². The van der Waals surface area contributed by atoms with Crippen LogP contribution in [0.4, 0.5) is 0 Å². The van der Waals surface area contributed by atoms with Crippen molar-refractivity contribution < 1.29 is 14.7 Å². The van der Waals surface area contributed by atoms with E-state index in [1.807, 2.05) is 18.2 Å². The summed E-state index contributed by atoms with van der Waals surface area (Å²) in [7, 11) is 0. The zero-order valence-electron chi connectivity index (χ0n) is 14.6. The lowest BCUT2D eigenvalue weighted by atomic mass is 9.86. The molecule has 1 aromatic carbocycles. The van der Waals surface area contributed by atoms with Crippen molar-refractivity contribution in [3.63, 3.8) is 0 Å². The van der Waals surface area contributed by atoms with Gasteiger partial charge in [0.25, 0.3) is 0 Å². The molecule has 0 aromatic heterocycles. The van der Waals surface area contributed by atoms with E-state index in [0.29, 0.717) is 6.61 Å². The predicted molar refractivity (Wildman–Crippen MR) is 90.6 cm³/mol. The highest BCUT2D eigenvalue weighted by atomic mass is 16.5. The standard InChI is InChI=1S/C19H31NO2/c1-15-9-11-20(12-10-15)13-16(21)14-22-18-8-6-5-7-17(18)19(2,3)4/h5-8,15-16,21H,9-14H2,1-4H3/p+1/t16-/m1/s1. The number of aliphatic hydroxyl groups is 1. The summed E-state index contributed by atoms with van der Waals surface area (Å²) in [6.07, 6.45) is 2.15. The molecule has 0 bridgehead atoms. The van der Waals surface area contributed by atoms with Gasteiger partial charge in [0.05, 0.1) is 13.1 Å². The molecule has 3 heteroatoms. The van der Waals surface area contributed by atoms with E-state index >= 15 is 0 Å². The van der Waals surface area contributed by atoms with Gasteiger partial charge < -0.3 is 14.7 Å². The predicted octanol–water partition coefficient (Wildman–Crippen LogP) is 2.04. The molecule has 2 rings (SSSR count). The number of benzene rings is 1. The van der Waals surface area contributed by atoms with Crippen LogP contribution in [0.1, 0.15) is 46.1 Å². The molecule has 22 heavy (non-hydrogen) atoms. The Kier molecular flexibility index (Phi) is 5.87. The van der Waals surface area contributed by atoms with E-state index in [2.05, 4.69) is 33.8 Å². The van der Waals surface area contributed by atoms with E-state index in [4.69, 9.17) is 4.74 Å². The Hall–Kier alpha value is -1.06. The maximum atomic E-state index is 10.3. The van der Waals surface area contributed by atoms with Gasteiger partial charge in [0.2, 0.25) is 0 Å². The third kappa shape index (κ3) is 4.99.